The molecule has 1 aromatic rings. The molecule has 0 atom stereocenters. The van der Waals surface area contributed by atoms with E-state index in [-0.39, 0.29) is 5.54 Å². The Morgan fingerprint density at radius 1 is 1.22 bits per heavy atom. The zero-order valence-electron chi connectivity index (χ0n) is 12.4. The number of nitrogens with zero attached hydrogens (tertiary/aromatic N) is 1. The fourth-order valence-corrected chi connectivity index (χ4v) is 2.89. The van der Waals surface area contributed by atoms with Crippen molar-refractivity contribution in [2.45, 2.75) is 58.9 Å². The third-order valence-corrected chi connectivity index (χ3v) is 4.01. The van der Waals surface area contributed by atoms with Crippen molar-refractivity contribution < 1.29 is 0 Å². The van der Waals surface area contributed by atoms with Gasteiger partial charge in [-0.05, 0) is 51.2 Å². The number of hydrogen-bond donors (Lipinski definition) is 1. The molecule has 1 heterocycles. The Morgan fingerprint density at radius 2 is 1.89 bits per heavy atom. The standard InChI is InChI=1S/C16H26N2/c1-6-12(7-2)13-9-8-10-14-15(13)17-11-18(14)16(3,4)5/h8-10,12,17H,6-7,11H2,1-5H3. The molecule has 2 rings (SSSR count). The summed E-state index contributed by atoms with van der Waals surface area (Å²) in [6.07, 6.45) is 2.42. The molecule has 0 bridgehead atoms. The van der Waals surface area contributed by atoms with Crippen LogP contribution in [-0.4, -0.2) is 12.2 Å². The summed E-state index contributed by atoms with van der Waals surface area (Å²) in [5, 5.41) is 3.60. The molecule has 0 saturated carbocycles. The van der Waals surface area contributed by atoms with Gasteiger partial charge in [-0.3, -0.25) is 0 Å². The molecule has 0 aromatic heterocycles. The van der Waals surface area contributed by atoms with Crippen molar-refractivity contribution in [1.29, 1.82) is 0 Å². The van der Waals surface area contributed by atoms with Gasteiger partial charge in [-0.25, -0.2) is 0 Å². The number of fused-ring (bicyclic) bond motifs is 1. The summed E-state index contributed by atoms with van der Waals surface area (Å²) >= 11 is 0. The average Bonchev–Trinajstić information content (AvgIpc) is 2.74. The fourth-order valence-electron chi connectivity index (χ4n) is 2.89. The van der Waals surface area contributed by atoms with Crippen LogP contribution in [0.2, 0.25) is 0 Å². The lowest BCUT2D eigenvalue weighted by Crippen LogP contribution is -2.41. The van der Waals surface area contributed by atoms with E-state index in [1.54, 1.807) is 0 Å². The summed E-state index contributed by atoms with van der Waals surface area (Å²) in [4.78, 5) is 2.45. The van der Waals surface area contributed by atoms with Crippen LogP contribution in [0.1, 0.15) is 58.9 Å². The van der Waals surface area contributed by atoms with E-state index in [0.717, 1.165) is 6.67 Å². The zero-order valence-corrected chi connectivity index (χ0v) is 12.4. The Morgan fingerprint density at radius 3 is 2.44 bits per heavy atom. The summed E-state index contributed by atoms with van der Waals surface area (Å²) in [6.45, 7) is 12.3. The van der Waals surface area contributed by atoms with Gasteiger partial charge in [0.15, 0.2) is 0 Å². The van der Waals surface area contributed by atoms with Crippen LogP contribution < -0.4 is 10.2 Å². The molecule has 0 unspecified atom stereocenters. The van der Waals surface area contributed by atoms with Gasteiger partial charge in [0, 0.05) is 5.54 Å². The smallest absolute Gasteiger partial charge is 0.0883 e. The SMILES string of the molecule is CCC(CC)c1cccc2c1NCN2C(C)(C)C. The Kier molecular flexibility index (Phi) is 3.56. The van der Waals surface area contributed by atoms with Gasteiger partial charge in [0.25, 0.3) is 0 Å². The molecule has 0 amide bonds. The highest BCUT2D eigenvalue weighted by atomic mass is 15.3. The number of nitrogens with one attached hydrogen (secondary N) is 1. The van der Waals surface area contributed by atoms with Crippen molar-refractivity contribution in [2.24, 2.45) is 0 Å². The first kappa shape index (κ1) is 13.3. The van der Waals surface area contributed by atoms with Crippen molar-refractivity contribution in [3.63, 3.8) is 0 Å². The molecule has 0 spiro atoms. The quantitative estimate of drug-likeness (QED) is 0.840. The third-order valence-electron chi connectivity index (χ3n) is 4.01. The predicted molar refractivity (Wildman–Crippen MR) is 80.5 cm³/mol. The minimum absolute atomic E-state index is 0.171. The summed E-state index contributed by atoms with van der Waals surface area (Å²) in [6, 6.07) is 6.74. The number of rotatable bonds is 3. The van der Waals surface area contributed by atoms with Crippen molar-refractivity contribution in [1.82, 2.24) is 0 Å². The van der Waals surface area contributed by atoms with Crippen LogP contribution in [0.4, 0.5) is 11.4 Å². The van der Waals surface area contributed by atoms with E-state index >= 15 is 0 Å². The first-order valence-electron chi connectivity index (χ1n) is 7.13. The summed E-state index contributed by atoms with van der Waals surface area (Å²) in [5.41, 5.74) is 4.39. The number of anilines is 2. The molecule has 2 heteroatoms. The number of para-hydroxylation sites is 1. The molecule has 1 N–H and O–H groups in total. The molecule has 100 valence electrons. The molecule has 2 nitrogen and oxygen atoms in total. The van der Waals surface area contributed by atoms with E-state index in [2.05, 4.69) is 63.0 Å². The summed E-state index contributed by atoms with van der Waals surface area (Å²) < 4.78 is 0. The van der Waals surface area contributed by atoms with Crippen molar-refractivity contribution >= 4 is 11.4 Å². The Labute approximate surface area is 111 Å². The predicted octanol–water partition coefficient (Wildman–Crippen LogP) is 4.58. The first-order chi connectivity index (χ1) is 8.49. The molecule has 1 aromatic carbocycles. The van der Waals surface area contributed by atoms with Gasteiger partial charge >= 0.3 is 0 Å². The topological polar surface area (TPSA) is 15.3 Å². The van der Waals surface area contributed by atoms with Gasteiger partial charge in [-0.2, -0.15) is 0 Å². The van der Waals surface area contributed by atoms with Crippen LogP contribution >= 0.6 is 0 Å². The maximum Gasteiger partial charge on any atom is 0.0883 e. The summed E-state index contributed by atoms with van der Waals surface area (Å²) in [5.74, 6) is 0.673. The molecule has 1 aliphatic rings. The normalized spacial score (nSPS) is 14.9. The van der Waals surface area contributed by atoms with Crippen LogP contribution in [0.25, 0.3) is 0 Å². The molecule has 0 radical (unpaired) electrons. The third kappa shape index (κ3) is 2.21. The van der Waals surface area contributed by atoms with Crippen LogP contribution in [0.5, 0.6) is 0 Å². The van der Waals surface area contributed by atoms with E-state index in [9.17, 15) is 0 Å². The second-order valence-corrected chi connectivity index (χ2v) is 6.19. The van der Waals surface area contributed by atoms with Crippen molar-refractivity contribution in [3.8, 4) is 0 Å². The Bertz CT molecular complexity index is 414. The van der Waals surface area contributed by atoms with Gasteiger partial charge < -0.3 is 10.2 Å². The number of benzene rings is 1. The van der Waals surface area contributed by atoms with Gasteiger partial charge in [0.1, 0.15) is 0 Å². The lowest BCUT2D eigenvalue weighted by atomic mass is 9.92. The van der Waals surface area contributed by atoms with Crippen molar-refractivity contribution in [2.75, 3.05) is 16.9 Å². The Hall–Kier alpha value is -1.18. The molecule has 18 heavy (non-hydrogen) atoms. The minimum atomic E-state index is 0.171. The maximum absolute atomic E-state index is 3.60. The van der Waals surface area contributed by atoms with E-state index in [1.165, 1.54) is 29.8 Å². The van der Waals surface area contributed by atoms with E-state index in [4.69, 9.17) is 0 Å². The monoisotopic (exact) mass is 246 g/mol. The van der Waals surface area contributed by atoms with Gasteiger partial charge in [0.2, 0.25) is 0 Å². The van der Waals surface area contributed by atoms with E-state index in [0.29, 0.717) is 5.92 Å². The lowest BCUT2D eigenvalue weighted by Gasteiger charge is -2.33. The van der Waals surface area contributed by atoms with Crippen LogP contribution in [0.15, 0.2) is 18.2 Å². The van der Waals surface area contributed by atoms with Gasteiger partial charge in [-0.1, -0.05) is 26.0 Å². The minimum Gasteiger partial charge on any atom is -0.366 e. The molecular weight excluding hydrogens is 220 g/mol. The molecule has 0 saturated heterocycles. The van der Waals surface area contributed by atoms with E-state index < -0.39 is 0 Å². The highest BCUT2D eigenvalue weighted by Gasteiger charge is 2.30. The highest BCUT2D eigenvalue weighted by molar-refractivity contribution is 5.79. The van der Waals surface area contributed by atoms with Crippen molar-refractivity contribution in [3.05, 3.63) is 23.8 Å². The zero-order chi connectivity index (χ0) is 13.3. The van der Waals surface area contributed by atoms with E-state index in [1.807, 2.05) is 0 Å². The lowest BCUT2D eigenvalue weighted by molar-refractivity contribution is 0.524. The second-order valence-electron chi connectivity index (χ2n) is 6.19. The number of hydrogen-bond acceptors (Lipinski definition) is 2. The largest absolute Gasteiger partial charge is 0.366 e. The Balaban J connectivity index is 2.42. The molecule has 0 aliphatic carbocycles. The molecule has 0 fully saturated rings. The first-order valence-corrected chi connectivity index (χ1v) is 7.13. The van der Waals surface area contributed by atoms with Gasteiger partial charge in [-0.15, -0.1) is 0 Å². The van der Waals surface area contributed by atoms with Crippen LogP contribution in [-0.2, 0) is 0 Å². The maximum atomic E-state index is 3.60. The van der Waals surface area contributed by atoms with Crippen LogP contribution in [0.3, 0.4) is 0 Å². The second kappa shape index (κ2) is 4.83. The molecular formula is C16H26N2. The summed E-state index contributed by atoms with van der Waals surface area (Å²) in [7, 11) is 0. The fraction of sp³-hybridized carbons (Fsp3) is 0.625. The van der Waals surface area contributed by atoms with Crippen LogP contribution in [0, 0.1) is 0 Å². The average molecular weight is 246 g/mol. The highest BCUT2D eigenvalue weighted by Crippen LogP contribution is 2.42. The van der Waals surface area contributed by atoms with Gasteiger partial charge in [0.05, 0.1) is 18.0 Å². The molecule has 1 aliphatic heterocycles.